The summed E-state index contributed by atoms with van der Waals surface area (Å²) in [5.41, 5.74) is 4.14. The first kappa shape index (κ1) is 13.3. The topological polar surface area (TPSA) is 12.0 Å². The molecule has 0 fully saturated rings. The minimum absolute atomic E-state index is 0.330. The molecule has 2 aromatic rings. The summed E-state index contributed by atoms with van der Waals surface area (Å²) in [4.78, 5) is 1.38. The SMILES string of the molecule is CCCNC(c1csc(C)c1)c1ccccc1C. The van der Waals surface area contributed by atoms with Crippen LogP contribution >= 0.6 is 11.3 Å². The zero-order valence-electron chi connectivity index (χ0n) is 11.4. The van der Waals surface area contributed by atoms with Gasteiger partial charge in [-0.3, -0.25) is 0 Å². The highest BCUT2D eigenvalue weighted by molar-refractivity contribution is 7.10. The summed E-state index contributed by atoms with van der Waals surface area (Å²) in [5.74, 6) is 0. The van der Waals surface area contributed by atoms with Gasteiger partial charge in [0, 0.05) is 4.88 Å². The molecule has 0 aliphatic rings. The third-order valence-corrected chi connectivity index (χ3v) is 4.06. The fourth-order valence-electron chi connectivity index (χ4n) is 2.22. The lowest BCUT2D eigenvalue weighted by atomic mass is 9.96. The molecule has 1 unspecified atom stereocenters. The van der Waals surface area contributed by atoms with Crippen LogP contribution in [0.4, 0.5) is 0 Å². The maximum Gasteiger partial charge on any atom is 0.0587 e. The van der Waals surface area contributed by atoms with E-state index in [-0.39, 0.29) is 0 Å². The molecule has 0 spiro atoms. The summed E-state index contributed by atoms with van der Waals surface area (Å²) in [5, 5.41) is 5.94. The molecule has 2 rings (SSSR count). The lowest BCUT2D eigenvalue weighted by Crippen LogP contribution is -2.23. The second kappa shape index (κ2) is 6.17. The van der Waals surface area contributed by atoms with Gasteiger partial charge in [-0.25, -0.2) is 0 Å². The van der Waals surface area contributed by atoms with E-state index in [4.69, 9.17) is 0 Å². The highest BCUT2D eigenvalue weighted by atomic mass is 32.1. The normalized spacial score (nSPS) is 12.6. The van der Waals surface area contributed by atoms with Crippen molar-refractivity contribution in [2.75, 3.05) is 6.54 Å². The molecule has 0 saturated heterocycles. The van der Waals surface area contributed by atoms with Gasteiger partial charge in [0.25, 0.3) is 0 Å². The molecule has 1 atom stereocenters. The molecule has 1 aromatic carbocycles. The van der Waals surface area contributed by atoms with Crippen molar-refractivity contribution in [3.63, 3.8) is 0 Å². The molecular weight excluding hydrogens is 238 g/mol. The monoisotopic (exact) mass is 259 g/mol. The van der Waals surface area contributed by atoms with Gasteiger partial charge in [-0.1, -0.05) is 31.2 Å². The molecule has 1 N–H and O–H groups in total. The van der Waals surface area contributed by atoms with Crippen molar-refractivity contribution in [1.82, 2.24) is 5.32 Å². The summed E-state index contributed by atoms with van der Waals surface area (Å²) in [6.07, 6.45) is 1.16. The molecule has 96 valence electrons. The Kier molecular flexibility index (Phi) is 4.56. The molecule has 1 aromatic heterocycles. The predicted molar refractivity (Wildman–Crippen MR) is 80.4 cm³/mol. The van der Waals surface area contributed by atoms with Gasteiger partial charge < -0.3 is 5.32 Å². The van der Waals surface area contributed by atoms with Crippen molar-refractivity contribution in [3.05, 3.63) is 57.3 Å². The Morgan fingerprint density at radius 2 is 2.00 bits per heavy atom. The maximum atomic E-state index is 3.66. The number of hydrogen-bond donors (Lipinski definition) is 1. The average Bonchev–Trinajstić information content (AvgIpc) is 2.78. The van der Waals surface area contributed by atoms with Crippen LogP contribution in [-0.4, -0.2) is 6.54 Å². The Morgan fingerprint density at radius 3 is 2.61 bits per heavy atom. The van der Waals surface area contributed by atoms with Crippen molar-refractivity contribution < 1.29 is 0 Å². The molecule has 0 saturated carbocycles. The molecule has 1 nitrogen and oxygen atoms in total. The molecule has 2 heteroatoms. The van der Waals surface area contributed by atoms with E-state index in [0.29, 0.717) is 6.04 Å². The number of benzene rings is 1. The number of rotatable bonds is 5. The van der Waals surface area contributed by atoms with Crippen LogP contribution in [0, 0.1) is 13.8 Å². The number of hydrogen-bond acceptors (Lipinski definition) is 2. The zero-order chi connectivity index (χ0) is 13.0. The number of thiophene rings is 1. The standard InChI is InChI=1S/C16H21NS/c1-4-9-17-16(14-10-13(3)18-11-14)15-8-6-5-7-12(15)2/h5-8,10-11,16-17H,4,9H2,1-3H3. The fourth-order valence-corrected chi connectivity index (χ4v) is 2.95. The molecular formula is C16H21NS. The summed E-state index contributed by atoms with van der Waals surface area (Å²) in [6.45, 7) is 7.62. The van der Waals surface area contributed by atoms with Gasteiger partial charge in [0.05, 0.1) is 6.04 Å². The summed E-state index contributed by atoms with van der Waals surface area (Å²) < 4.78 is 0. The zero-order valence-corrected chi connectivity index (χ0v) is 12.2. The van der Waals surface area contributed by atoms with Gasteiger partial charge in [-0.2, -0.15) is 0 Å². The first-order valence-electron chi connectivity index (χ1n) is 6.56. The Labute approximate surface area is 114 Å². The van der Waals surface area contributed by atoms with E-state index in [1.165, 1.54) is 21.6 Å². The lowest BCUT2D eigenvalue weighted by Gasteiger charge is -2.20. The smallest absolute Gasteiger partial charge is 0.0587 e. The first-order valence-corrected chi connectivity index (χ1v) is 7.44. The second-order valence-corrected chi connectivity index (χ2v) is 5.85. The predicted octanol–water partition coefficient (Wildman–Crippen LogP) is 4.45. The maximum absolute atomic E-state index is 3.66. The van der Waals surface area contributed by atoms with E-state index in [2.05, 4.69) is 61.8 Å². The Bertz CT molecular complexity index is 501. The van der Waals surface area contributed by atoms with Gasteiger partial charge in [0.15, 0.2) is 0 Å². The van der Waals surface area contributed by atoms with E-state index in [1.54, 1.807) is 0 Å². The molecule has 0 aliphatic carbocycles. The van der Waals surface area contributed by atoms with Crippen molar-refractivity contribution in [2.45, 2.75) is 33.2 Å². The van der Waals surface area contributed by atoms with Crippen LogP contribution in [0.3, 0.4) is 0 Å². The van der Waals surface area contributed by atoms with Crippen molar-refractivity contribution in [1.29, 1.82) is 0 Å². The van der Waals surface area contributed by atoms with Crippen LogP contribution in [0.5, 0.6) is 0 Å². The highest BCUT2D eigenvalue weighted by Gasteiger charge is 2.15. The van der Waals surface area contributed by atoms with Gasteiger partial charge in [-0.05, 0) is 54.9 Å². The minimum atomic E-state index is 0.330. The quantitative estimate of drug-likeness (QED) is 0.836. The minimum Gasteiger partial charge on any atom is -0.306 e. The van der Waals surface area contributed by atoms with Crippen molar-refractivity contribution >= 4 is 11.3 Å². The Hall–Kier alpha value is -1.12. The molecule has 1 heterocycles. The highest BCUT2D eigenvalue weighted by Crippen LogP contribution is 2.28. The average molecular weight is 259 g/mol. The van der Waals surface area contributed by atoms with E-state index >= 15 is 0 Å². The van der Waals surface area contributed by atoms with E-state index in [0.717, 1.165) is 13.0 Å². The number of nitrogens with one attached hydrogen (secondary N) is 1. The van der Waals surface area contributed by atoms with Crippen LogP contribution in [0.25, 0.3) is 0 Å². The van der Waals surface area contributed by atoms with Gasteiger partial charge in [-0.15, -0.1) is 11.3 Å². The first-order chi connectivity index (χ1) is 8.72. The summed E-state index contributed by atoms with van der Waals surface area (Å²) in [7, 11) is 0. The third kappa shape index (κ3) is 3.01. The van der Waals surface area contributed by atoms with Crippen LogP contribution in [0.1, 0.15) is 41.0 Å². The lowest BCUT2D eigenvalue weighted by molar-refractivity contribution is 0.597. The van der Waals surface area contributed by atoms with Crippen LogP contribution in [-0.2, 0) is 0 Å². The van der Waals surface area contributed by atoms with Crippen molar-refractivity contribution in [3.8, 4) is 0 Å². The summed E-state index contributed by atoms with van der Waals surface area (Å²) in [6, 6.07) is 11.3. The van der Waals surface area contributed by atoms with Gasteiger partial charge in [0.1, 0.15) is 0 Å². The van der Waals surface area contributed by atoms with E-state index < -0.39 is 0 Å². The number of aryl methyl sites for hydroxylation is 2. The Balaban J connectivity index is 2.33. The molecule has 0 amide bonds. The van der Waals surface area contributed by atoms with Crippen LogP contribution in [0.15, 0.2) is 35.7 Å². The Morgan fingerprint density at radius 1 is 1.22 bits per heavy atom. The molecule has 0 bridgehead atoms. The summed E-state index contributed by atoms with van der Waals surface area (Å²) >= 11 is 1.83. The second-order valence-electron chi connectivity index (χ2n) is 4.73. The molecule has 0 aliphatic heterocycles. The van der Waals surface area contributed by atoms with Crippen LogP contribution < -0.4 is 5.32 Å². The van der Waals surface area contributed by atoms with Gasteiger partial charge >= 0.3 is 0 Å². The van der Waals surface area contributed by atoms with E-state index in [9.17, 15) is 0 Å². The molecule has 18 heavy (non-hydrogen) atoms. The van der Waals surface area contributed by atoms with Crippen LogP contribution in [0.2, 0.25) is 0 Å². The third-order valence-electron chi connectivity index (χ3n) is 3.18. The van der Waals surface area contributed by atoms with Crippen molar-refractivity contribution in [2.24, 2.45) is 0 Å². The molecule has 0 radical (unpaired) electrons. The van der Waals surface area contributed by atoms with Gasteiger partial charge in [0.2, 0.25) is 0 Å². The largest absolute Gasteiger partial charge is 0.306 e. The fraction of sp³-hybridized carbons (Fsp3) is 0.375. The van der Waals surface area contributed by atoms with E-state index in [1.807, 2.05) is 11.3 Å².